The molecule has 0 saturated carbocycles. The first-order valence-corrected chi connectivity index (χ1v) is 22.9. The van der Waals surface area contributed by atoms with Crippen molar-refractivity contribution in [2.24, 2.45) is 11.7 Å². The summed E-state index contributed by atoms with van der Waals surface area (Å²) in [5, 5.41) is 24.8. The molecule has 4 bridgehead atoms. The van der Waals surface area contributed by atoms with Crippen LogP contribution in [0.25, 0.3) is 0 Å². The summed E-state index contributed by atoms with van der Waals surface area (Å²) in [6.45, 7) is 5.70. The molecular formula is C44H59ClN6O15S. The van der Waals surface area contributed by atoms with E-state index in [1.165, 1.54) is 40.1 Å². The van der Waals surface area contributed by atoms with Gasteiger partial charge in [-0.3, -0.25) is 39.0 Å². The number of benzene rings is 1. The van der Waals surface area contributed by atoms with Crippen LogP contribution in [-0.2, 0) is 58.9 Å². The normalized spacial score (nSPS) is 29.9. The number of hydrogen-bond acceptors (Lipinski definition) is 16. The molecule has 10 atom stereocenters. The molecule has 0 spiro atoms. The minimum atomic E-state index is -1.90. The number of thioether (sulfide) groups is 1. The van der Waals surface area contributed by atoms with Gasteiger partial charge in [0.1, 0.15) is 53.3 Å². The van der Waals surface area contributed by atoms with Crippen LogP contribution in [-0.4, -0.2) is 168 Å². The predicted octanol–water partition coefficient (Wildman–Crippen LogP) is 1.29. The van der Waals surface area contributed by atoms with Crippen molar-refractivity contribution in [3.63, 3.8) is 0 Å². The predicted molar refractivity (Wildman–Crippen MR) is 242 cm³/mol. The van der Waals surface area contributed by atoms with Crippen LogP contribution in [0.5, 0.6) is 5.75 Å². The number of likely N-dealkylation sites (N-methyl/N-ethyl adjacent to an activating group) is 1. The Morgan fingerprint density at radius 2 is 1.85 bits per heavy atom. The van der Waals surface area contributed by atoms with Gasteiger partial charge in [0, 0.05) is 58.7 Å². The van der Waals surface area contributed by atoms with Crippen molar-refractivity contribution in [1.29, 1.82) is 0 Å². The zero-order valence-corrected chi connectivity index (χ0v) is 40.1. The highest BCUT2D eigenvalue weighted by Crippen LogP contribution is 2.49. The number of nitrogens with zero attached hydrogens (tertiary/aromatic N) is 3. The molecule has 4 aliphatic rings. The van der Waals surface area contributed by atoms with Crippen LogP contribution in [0.15, 0.2) is 35.9 Å². The smallest absolute Gasteiger partial charge is 0.409 e. The first-order chi connectivity index (χ1) is 31.4. The van der Waals surface area contributed by atoms with E-state index in [0.717, 1.165) is 32.7 Å². The number of imide groups is 1. The lowest BCUT2D eigenvalue weighted by atomic mass is 9.83. The Balaban J connectivity index is 1.32. The molecule has 67 heavy (non-hydrogen) atoms. The molecule has 2 unspecified atom stereocenters. The molecule has 0 aliphatic carbocycles. The van der Waals surface area contributed by atoms with E-state index in [1.807, 2.05) is 13.0 Å². The SMILES string of the molecule is COc1cc2cc(c1Cl)N(C)C(=O)C[C@H](OC(=O)[C@H](C)N(C)C(=O)CCSC1CC(=O)N(CC(=O)NCC(N)C(=O)O)C1=O)[C@]1(C)O[C@H]1[C@H](C)[C@@H]1C[C@@](O)(NC(=O)O1)[C@H](OC)/C=C/C=C(\C)C2. The number of carbonyl (C=O) groups excluding carboxylic acids is 7. The van der Waals surface area contributed by atoms with Gasteiger partial charge in [0.2, 0.25) is 29.5 Å². The molecular weight excluding hydrogens is 920 g/mol. The second-order valence-electron chi connectivity index (χ2n) is 17.3. The number of halogens is 1. The number of aliphatic carboxylic acids is 1. The van der Waals surface area contributed by atoms with E-state index in [0.29, 0.717) is 17.9 Å². The molecule has 4 heterocycles. The monoisotopic (exact) mass is 978 g/mol. The van der Waals surface area contributed by atoms with E-state index >= 15 is 0 Å². The maximum atomic E-state index is 14.3. The molecule has 0 radical (unpaired) electrons. The minimum Gasteiger partial charge on any atom is -0.495 e. The number of carboxylic acid groups (broad SMARTS) is 1. The number of nitrogens with one attached hydrogen (secondary N) is 2. The number of allylic oxidation sites excluding steroid dienone is 3. The molecule has 5 rings (SSSR count). The van der Waals surface area contributed by atoms with Gasteiger partial charge in [0.25, 0.3) is 0 Å². The van der Waals surface area contributed by atoms with Crippen molar-refractivity contribution < 1.29 is 72.3 Å². The van der Waals surface area contributed by atoms with Gasteiger partial charge in [0.15, 0.2) is 5.72 Å². The number of epoxide rings is 1. The van der Waals surface area contributed by atoms with E-state index in [9.17, 15) is 43.5 Å². The third kappa shape index (κ3) is 12.3. The summed E-state index contributed by atoms with van der Waals surface area (Å²) in [4.78, 5) is 107. The number of ether oxygens (including phenoxy) is 5. The molecule has 1 aromatic rings. The number of hydrogen-bond donors (Lipinski definition) is 5. The molecule has 3 saturated heterocycles. The molecule has 368 valence electrons. The van der Waals surface area contributed by atoms with Gasteiger partial charge >= 0.3 is 18.0 Å². The number of nitrogens with two attached hydrogens (primary N) is 1. The minimum absolute atomic E-state index is 0.0687. The summed E-state index contributed by atoms with van der Waals surface area (Å²) < 4.78 is 29.2. The molecule has 23 heteroatoms. The van der Waals surface area contributed by atoms with E-state index in [1.54, 1.807) is 38.1 Å². The molecule has 1 aromatic carbocycles. The van der Waals surface area contributed by atoms with Crippen LogP contribution in [0.3, 0.4) is 0 Å². The number of fused-ring (bicyclic) bond motifs is 5. The van der Waals surface area contributed by atoms with Crippen LogP contribution in [0.4, 0.5) is 10.5 Å². The van der Waals surface area contributed by atoms with Crippen molar-refractivity contribution in [2.75, 3.05) is 52.1 Å². The lowest BCUT2D eigenvalue weighted by Gasteiger charge is -2.42. The second kappa shape index (κ2) is 21.8. The number of rotatable bonds is 14. The lowest BCUT2D eigenvalue weighted by molar-refractivity contribution is -0.162. The van der Waals surface area contributed by atoms with Crippen molar-refractivity contribution in [2.45, 2.75) is 113 Å². The summed E-state index contributed by atoms with van der Waals surface area (Å²) in [6.07, 6.45) is -0.211. The fraction of sp³-hybridized carbons (Fsp3) is 0.591. The standard InChI is InChI=1S/C44H59ClN6O15S/c1-22-10-9-11-31(63-8)44(61)19-29(64-42(60)48-44)23(2)38-43(4,66-38)32(18-35(54)50(6)27-15-25(14-22)16-28(62-7)37(27)45)65-41(59)24(3)49(5)34(53)12-13-67-30-17-36(55)51(39(30)56)21-33(52)47-20-26(46)40(57)58/h9-11,15-16,23-24,26,29-32,38,61H,12-14,17-21,46H2,1-8H3,(H,47,52)(H,48,60)(H,57,58)/b11-9+,22-10+/t23-,24+,26?,29+,30?,31-,32+,38+,43+,44+/m1/s1. The Labute approximate surface area is 396 Å². The average molecular weight is 980 g/mol. The summed E-state index contributed by atoms with van der Waals surface area (Å²) in [7, 11) is 5.76. The first-order valence-electron chi connectivity index (χ1n) is 21.5. The average Bonchev–Trinajstić information content (AvgIpc) is 3.90. The van der Waals surface area contributed by atoms with Gasteiger partial charge in [-0.05, 0) is 44.9 Å². The Morgan fingerprint density at radius 1 is 1.15 bits per heavy atom. The largest absolute Gasteiger partial charge is 0.495 e. The third-order valence-corrected chi connectivity index (χ3v) is 14.1. The topological polar surface area (TPSA) is 286 Å². The number of amides is 6. The number of alkyl carbamates (subject to hydrolysis) is 1. The number of carboxylic acids is 1. The van der Waals surface area contributed by atoms with Crippen molar-refractivity contribution in [3.05, 3.63) is 46.5 Å². The number of methoxy groups -OCH3 is 2. The summed E-state index contributed by atoms with van der Waals surface area (Å²) >= 11 is 7.81. The van der Waals surface area contributed by atoms with Crippen molar-refractivity contribution >= 4 is 76.6 Å². The lowest BCUT2D eigenvalue weighted by Crippen LogP contribution is -2.63. The summed E-state index contributed by atoms with van der Waals surface area (Å²) in [5.41, 5.74) is 4.11. The zero-order valence-electron chi connectivity index (χ0n) is 38.6. The molecule has 6 N–H and O–H groups in total. The molecule has 6 amide bonds. The number of anilines is 1. The molecule has 21 nitrogen and oxygen atoms in total. The van der Waals surface area contributed by atoms with E-state index in [-0.39, 0.29) is 30.0 Å². The highest BCUT2D eigenvalue weighted by Gasteiger charge is 2.64. The Morgan fingerprint density at radius 3 is 2.51 bits per heavy atom. The van der Waals surface area contributed by atoms with Gasteiger partial charge in [-0.25, -0.2) is 9.59 Å². The number of aliphatic hydroxyl groups is 1. The maximum absolute atomic E-state index is 14.3. The second-order valence-corrected chi connectivity index (χ2v) is 19.0. The molecule has 3 fully saturated rings. The van der Waals surface area contributed by atoms with Crippen LogP contribution < -0.4 is 26.0 Å². The van der Waals surface area contributed by atoms with Gasteiger partial charge in [-0.1, -0.05) is 42.3 Å². The van der Waals surface area contributed by atoms with Gasteiger partial charge in [0.05, 0.1) is 30.6 Å². The van der Waals surface area contributed by atoms with Crippen molar-refractivity contribution in [1.82, 2.24) is 20.4 Å². The maximum Gasteiger partial charge on any atom is 0.409 e. The highest BCUT2D eigenvalue weighted by atomic mass is 35.5. The summed E-state index contributed by atoms with van der Waals surface area (Å²) in [6, 6.07) is 0.936. The fourth-order valence-corrected chi connectivity index (χ4v) is 9.56. The van der Waals surface area contributed by atoms with Crippen LogP contribution >= 0.6 is 23.4 Å². The van der Waals surface area contributed by atoms with E-state index in [4.69, 9.17) is 46.1 Å². The van der Waals surface area contributed by atoms with Crippen molar-refractivity contribution in [3.8, 4) is 5.75 Å². The number of likely N-dealkylation sites (tertiary alicyclic amines) is 1. The Kier molecular flexibility index (Phi) is 17.1. The van der Waals surface area contributed by atoms with E-state index < -0.39 is 126 Å². The number of carbonyl (C=O) groups is 8. The number of esters is 1. The van der Waals surface area contributed by atoms with Crippen LogP contribution in [0, 0.1) is 5.92 Å². The molecule has 4 aliphatic heterocycles. The van der Waals surface area contributed by atoms with Gasteiger partial charge < -0.3 is 54.7 Å². The van der Waals surface area contributed by atoms with Crippen LogP contribution in [0.2, 0.25) is 5.02 Å². The van der Waals surface area contributed by atoms with E-state index in [2.05, 4.69) is 10.6 Å². The molecule has 0 aromatic heterocycles. The first kappa shape index (κ1) is 52.7. The summed E-state index contributed by atoms with van der Waals surface area (Å²) in [5.74, 6) is -5.49. The zero-order chi connectivity index (χ0) is 49.7. The quantitative estimate of drug-likeness (QED) is 0.0998. The Bertz CT molecular complexity index is 2190. The fourth-order valence-electron chi connectivity index (χ4n) is 8.14. The Hall–Kier alpha value is -5.26. The van der Waals surface area contributed by atoms with Crippen LogP contribution in [0.1, 0.15) is 58.9 Å². The third-order valence-electron chi connectivity index (χ3n) is 12.5. The van der Waals surface area contributed by atoms with Gasteiger partial charge in [-0.15, -0.1) is 11.8 Å². The van der Waals surface area contributed by atoms with Gasteiger partial charge in [-0.2, -0.15) is 0 Å². The highest BCUT2D eigenvalue weighted by molar-refractivity contribution is 8.00.